The molecule has 0 heterocycles. The average Bonchev–Trinajstić information content (AvgIpc) is 2.02. The van der Waals surface area contributed by atoms with Crippen molar-refractivity contribution in [3.63, 3.8) is 0 Å². The molecule has 0 saturated heterocycles. The molecular weight excluding hydrogens is 221 g/mol. The van der Waals surface area contributed by atoms with E-state index in [1.165, 1.54) is 0 Å². The third-order valence-corrected chi connectivity index (χ3v) is 3.72. The Kier molecular flexibility index (Phi) is 8.75. The topological polar surface area (TPSA) is 121 Å². The fourth-order valence-corrected chi connectivity index (χ4v) is 2.01. The molecular formula is C6H16NNaO5S. The molecule has 0 rings (SSSR count). The Labute approximate surface area is 106 Å². The van der Waals surface area contributed by atoms with E-state index < -0.39 is 28.1 Å². The van der Waals surface area contributed by atoms with Crippen molar-refractivity contribution >= 4 is 39.7 Å². The molecule has 5 N–H and O–H groups in total. The first-order chi connectivity index (χ1) is 5.93. The Balaban J connectivity index is 0. The van der Waals surface area contributed by atoms with E-state index in [1.54, 1.807) is 0 Å². The molecule has 0 aliphatic carbocycles. The van der Waals surface area contributed by atoms with Gasteiger partial charge in [0.2, 0.25) is 0 Å². The monoisotopic (exact) mass is 237 g/mol. The minimum atomic E-state index is -4.35. The van der Waals surface area contributed by atoms with Crippen LogP contribution in [0.25, 0.3) is 0 Å². The molecule has 0 aromatic rings. The molecule has 14 heavy (non-hydrogen) atoms. The van der Waals surface area contributed by atoms with Crippen LogP contribution in [0.2, 0.25) is 0 Å². The van der Waals surface area contributed by atoms with Crippen molar-refractivity contribution in [1.82, 2.24) is 0 Å². The van der Waals surface area contributed by atoms with Gasteiger partial charge in [0, 0.05) is 19.8 Å². The van der Waals surface area contributed by atoms with Crippen LogP contribution in [-0.4, -0.2) is 77.2 Å². The van der Waals surface area contributed by atoms with Gasteiger partial charge >= 0.3 is 29.6 Å². The van der Waals surface area contributed by atoms with E-state index in [0.717, 1.165) is 0 Å². The fraction of sp³-hybridized carbons (Fsp3) is 1.00. The van der Waals surface area contributed by atoms with Crippen LogP contribution < -0.4 is 5.73 Å². The second-order valence-corrected chi connectivity index (χ2v) is 4.63. The molecule has 0 atom stereocenters. The van der Waals surface area contributed by atoms with Crippen LogP contribution >= 0.6 is 0 Å². The van der Waals surface area contributed by atoms with Crippen molar-refractivity contribution in [1.29, 1.82) is 0 Å². The summed E-state index contributed by atoms with van der Waals surface area (Å²) in [7, 11) is -4.35. The summed E-state index contributed by atoms with van der Waals surface area (Å²) >= 11 is 0. The standard InChI is InChI=1S/C6H15NO5S.Na.H/c7-5-6(1-3-8,2-4-9)13(10,11)12;;/h8-9H,1-5,7H2,(H,10,11,12);;. The number of hydrogen-bond donors (Lipinski definition) is 4. The van der Waals surface area contributed by atoms with Gasteiger partial charge in [-0.25, -0.2) is 0 Å². The maximum atomic E-state index is 10.9. The summed E-state index contributed by atoms with van der Waals surface area (Å²) in [6.45, 7) is -1.14. The molecule has 0 aliphatic rings. The number of hydrogen-bond acceptors (Lipinski definition) is 5. The predicted octanol–water partition coefficient (Wildman–Crippen LogP) is -2.31. The molecule has 0 aromatic heterocycles. The molecule has 0 fully saturated rings. The molecule has 0 spiro atoms. The van der Waals surface area contributed by atoms with Gasteiger partial charge in [0.05, 0.1) is 0 Å². The van der Waals surface area contributed by atoms with E-state index in [2.05, 4.69) is 0 Å². The van der Waals surface area contributed by atoms with Gasteiger partial charge in [0.1, 0.15) is 4.75 Å². The van der Waals surface area contributed by atoms with Gasteiger partial charge in [-0.15, -0.1) is 0 Å². The van der Waals surface area contributed by atoms with Crippen molar-refractivity contribution in [3.05, 3.63) is 0 Å². The molecule has 0 amide bonds. The third-order valence-electron chi connectivity index (χ3n) is 2.05. The van der Waals surface area contributed by atoms with E-state index in [0.29, 0.717) is 0 Å². The number of rotatable bonds is 6. The van der Waals surface area contributed by atoms with Gasteiger partial charge in [-0.05, 0) is 12.8 Å². The zero-order valence-electron chi connectivity index (χ0n) is 7.18. The second-order valence-electron chi connectivity index (χ2n) is 2.81. The Bertz CT molecular complexity index is 237. The van der Waals surface area contributed by atoms with Gasteiger partial charge in [-0.3, -0.25) is 4.55 Å². The van der Waals surface area contributed by atoms with Crippen molar-refractivity contribution in [2.45, 2.75) is 17.6 Å². The summed E-state index contributed by atoms with van der Waals surface area (Å²) in [5.74, 6) is 0. The SMILES string of the molecule is NCC(CCO)(CCO)S(=O)(=O)O.[NaH]. The summed E-state index contributed by atoms with van der Waals surface area (Å²) in [4.78, 5) is 0. The van der Waals surface area contributed by atoms with Gasteiger partial charge < -0.3 is 15.9 Å². The zero-order chi connectivity index (χ0) is 10.5. The third kappa shape index (κ3) is 4.11. The van der Waals surface area contributed by atoms with E-state index in [1.807, 2.05) is 0 Å². The summed E-state index contributed by atoms with van der Waals surface area (Å²) < 4.78 is 29.1. The summed E-state index contributed by atoms with van der Waals surface area (Å²) in [5, 5.41) is 17.2. The number of aliphatic hydroxyl groups is 2. The van der Waals surface area contributed by atoms with E-state index in [-0.39, 0.29) is 48.9 Å². The molecule has 0 aliphatic heterocycles. The van der Waals surface area contributed by atoms with E-state index in [9.17, 15) is 8.42 Å². The zero-order valence-corrected chi connectivity index (χ0v) is 8.00. The first-order valence-electron chi connectivity index (χ1n) is 3.82. The van der Waals surface area contributed by atoms with Crippen LogP contribution in [0.3, 0.4) is 0 Å². The summed E-state index contributed by atoms with van der Waals surface area (Å²) in [6, 6.07) is 0. The van der Waals surface area contributed by atoms with E-state index >= 15 is 0 Å². The molecule has 0 unspecified atom stereocenters. The Morgan fingerprint density at radius 2 is 1.50 bits per heavy atom. The van der Waals surface area contributed by atoms with Crippen LogP contribution in [0.1, 0.15) is 12.8 Å². The van der Waals surface area contributed by atoms with Crippen molar-refractivity contribution in [2.24, 2.45) is 5.73 Å². The fourth-order valence-electron chi connectivity index (χ4n) is 1.10. The van der Waals surface area contributed by atoms with Gasteiger partial charge in [0.25, 0.3) is 10.1 Å². The number of nitrogens with two attached hydrogens (primary N) is 1. The average molecular weight is 237 g/mol. The molecule has 82 valence electrons. The molecule has 0 bridgehead atoms. The van der Waals surface area contributed by atoms with Crippen LogP contribution in [0, 0.1) is 0 Å². The Morgan fingerprint density at radius 1 is 1.14 bits per heavy atom. The molecule has 0 radical (unpaired) electrons. The van der Waals surface area contributed by atoms with Gasteiger partial charge in [-0.2, -0.15) is 8.42 Å². The van der Waals surface area contributed by atoms with Crippen LogP contribution in [-0.2, 0) is 10.1 Å². The van der Waals surface area contributed by atoms with Crippen molar-refractivity contribution in [3.8, 4) is 0 Å². The van der Waals surface area contributed by atoms with Crippen LogP contribution in [0.15, 0.2) is 0 Å². The van der Waals surface area contributed by atoms with Crippen molar-refractivity contribution < 1.29 is 23.2 Å². The second kappa shape index (κ2) is 7.13. The normalized spacial score (nSPS) is 12.3. The molecule has 0 saturated carbocycles. The van der Waals surface area contributed by atoms with Crippen molar-refractivity contribution in [2.75, 3.05) is 19.8 Å². The van der Waals surface area contributed by atoms with Crippen LogP contribution in [0.5, 0.6) is 0 Å². The van der Waals surface area contributed by atoms with Gasteiger partial charge in [0.15, 0.2) is 0 Å². The number of aliphatic hydroxyl groups excluding tert-OH is 2. The first kappa shape index (κ1) is 17.2. The van der Waals surface area contributed by atoms with E-state index in [4.69, 9.17) is 20.5 Å². The molecule has 6 nitrogen and oxygen atoms in total. The summed E-state index contributed by atoms with van der Waals surface area (Å²) in [6.07, 6.45) is -0.355. The Morgan fingerprint density at radius 3 is 1.64 bits per heavy atom. The van der Waals surface area contributed by atoms with Crippen LogP contribution in [0.4, 0.5) is 0 Å². The quantitative estimate of drug-likeness (QED) is 0.304. The Hall–Kier alpha value is 0.790. The minimum absolute atomic E-state index is 0. The molecule has 0 aromatic carbocycles. The molecule has 8 heteroatoms. The maximum absolute atomic E-state index is 10.9. The predicted molar refractivity (Wildman–Crippen MR) is 53.9 cm³/mol. The van der Waals surface area contributed by atoms with Gasteiger partial charge in [-0.1, -0.05) is 0 Å². The first-order valence-corrected chi connectivity index (χ1v) is 5.26. The summed E-state index contributed by atoms with van der Waals surface area (Å²) in [5.41, 5.74) is 5.20.